The van der Waals surface area contributed by atoms with Crippen molar-refractivity contribution in [3.05, 3.63) is 115 Å². The third kappa shape index (κ3) is 9.75. The maximum atomic E-state index is 13.9. The van der Waals surface area contributed by atoms with Crippen LogP contribution in [0, 0.1) is 11.8 Å². The number of hydrogen-bond donors (Lipinski definition) is 2. The van der Waals surface area contributed by atoms with E-state index in [1.165, 1.54) is 0 Å². The molecule has 0 aliphatic carbocycles. The number of nitrogens with one attached hydrogen (secondary N) is 1. The van der Waals surface area contributed by atoms with Crippen LogP contribution >= 0.6 is 0 Å². The molecule has 0 bridgehead atoms. The number of carbonyl (C=O) groups excluding carboxylic acids is 2. The zero-order valence-electron chi connectivity index (χ0n) is 25.5. The Bertz CT molecular complexity index is 1600. The minimum Gasteiger partial charge on any atom is -0.486 e. The summed E-state index contributed by atoms with van der Waals surface area (Å²) in [6, 6.07) is 24.7. The number of hydrogen-bond acceptors (Lipinski definition) is 7. The third-order valence-corrected chi connectivity index (χ3v) is 9.29. The van der Waals surface area contributed by atoms with E-state index in [0.29, 0.717) is 18.6 Å². The maximum absolute atomic E-state index is 13.9. The van der Waals surface area contributed by atoms with Crippen molar-refractivity contribution in [3.8, 4) is 11.4 Å². The van der Waals surface area contributed by atoms with Gasteiger partial charge in [0.15, 0.2) is 5.78 Å². The van der Waals surface area contributed by atoms with Crippen molar-refractivity contribution in [2.24, 2.45) is 17.0 Å². The van der Waals surface area contributed by atoms with Gasteiger partial charge in [-0.3, -0.25) is 4.79 Å². The monoisotopic (exact) mass is 632 g/mol. The van der Waals surface area contributed by atoms with E-state index in [-0.39, 0.29) is 25.6 Å². The Morgan fingerprint density at radius 2 is 1.60 bits per heavy atom. The number of ether oxygens (including phenoxy) is 2. The summed E-state index contributed by atoms with van der Waals surface area (Å²) < 4.78 is 39.7. The van der Waals surface area contributed by atoms with Gasteiger partial charge in [0.2, 0.25) is 10.0 Å². The minimum absolute atomic E-state index is 0.00375. The average Bonchev–Trinajstić information content (AvgIpc) is 3.59. The number of Topliss-reactive ketones (excluding diaryl/α,β-unsaturated/α-hetero) is 1. The van der Waals surface area contributed by atoms with Gasteiger partial charge in [0.1, 0.15) is 24.2 Å². The van der Waals surface area contributed by atoms with Gasteiger partial charge >= 0.3 is 6.09 Å². The number of aryl methyl sites for hydroxylation is 1. The quantitative estimate of drug-likeness (QED) is 0.176. The number of nitrogens with zero attached hydrogens (tertiary/aromatic N) is 2. The smallest absolute Gasteiger partial charge is 0.407 e. The lowest BCUT2D eigenvalue weighted by molar-refractivity contribution is -0.125. The molecule has 0 spiro atoms. The molecule has 4 atom stereocenters. The molecule has 0 fully saturated rings. The molecular weight excluding hydrogens is 592 g/mol. The Morgan fingerprint density at radius 1 is 0.956 bits per heavy atom. The van der Waals surface area contributed by atoms with Gasteiger partial charge in [0.05, 0.1) is 12.4 Å². The number of carbonyl (C=O) groups is 2. The van der Waals surface area contributed by atoms with Crippen molar-refractivity contribution in [1.29, 1.82) is 0 Å². The molecule has 3 aromatic carbocycles. The van der Waals surface area contributed by atoms with Gasteiger partial charge in [0, 0.05) is 24.0 Å². The summed E-state index contributed by atoms with van der Waals surface area (Å²) in [5.41, 5.74) is 2.58. The molecule has 11 heteroatoms. The van der Waals surface area contributed by atoms with Crippen molar-refractivity contribution >= 4 is 21.9 Å². The molecule has 0 aliphatic rings. The maximum Gasteiger partial charge on any atom is 0.407 e. The predicted octanol–water partition coefficient (Wildman–Crippen LogP) is 5.07. The number of benzene rings is 3. The van der Waals surface area contributed by atoms with Gasteiger partial charge in [-0.25, -0.2) is 23.3 Å². The van der Waals surface area contributed by atoms with E-state index < -0.39 is 39.1 Å². The second-order valence-electron chi connectivity index (χ2n) is 11.0. The Hall–Kier alpha value is -4.48. The second kappa shape index (κ2) is 16.0. The Labute approximate surface area is 264 Å². The molecule has 238 valence electrons. The lowest BCUT2D eigenvalue weighted by Gasteiger charge is -2.35. The van der Waals surface area contributed by atoms with Crippen LogP contribution in [0.3, 0.4) is 0 Å². The van der Waals surface area contributed by atoms with Crippen LogP contribution < -0.4 is 15.2 Å². The number of sulfonamides is 1. The molecule has 1 amide bonds. The fraction of sp³-hybridized carbons (Fsp3) is 0.324. The average molecular weight is 633 g/mol. The van der Waals surface area contributed by atoms with Crippen LogP contribution in [-0.4, -0.2) is 47.7 Å². The molecule has 1 heterocycles. The van der Waals surface area contributed by atoms with Crippen LogP contribution in [0.25, 0.3) is 5.69 Å². The molecule has 4 rings (SSSR count). The first-order chi connectivity index (χ1) is 21.7. The fourth-order valence-corrected chi connectivity index (χ4v) is 6.74. The molecule has 4 aromatic rings. The van der Waals surface area contributed by atoms with E-state index in [4.69, 9.17) is 14.6 Å². The van der Waals surface area contributed by atoms with Gasteiger partial charge in [0.25, 0.3) is 0 Å². The summed E-state index contributed by atoms with van der Waals surface area (Å²) in [7, 11) is -4.35. The highest BCUT2D eigenvalue weighted by Crippen LogP contribution is 2.28. The lowest BCUT2D eigenvalue weighted by atomic mass is 9.84. The van der Waals surface area contributed by atoms with Crippen LogP contribution in [0.15, 0.2) is 104 Å². The molecular formula is C34H40N4O6S. The predicted molar refractivity (Wildman–Crippen MR) is 172 cm³/mol. The number of alkyl carbamates (subject to hydrolysis) is 1. The Kier molecular flexibility index (Phi) is 11.9. The highest BCUT2D eigenvalue weighted by atomic mass is 32.2. The normalized spacial score (nSPS) is 14.1. The largest absolute Gasteiger partial charge is 0.486 e. The molecule has 3 N–H and O–H groups in total. The summed E-state index contributed by atoms with van der Waals surface area (Å²) >= 11 is 0. The van der Waals surface area contributed by atoms with Crippen LogP contribution in [0.2, 0.25) is 0 Å². The van der Waals surface area contributed by atoms with Crippen molar-refractivity contribution < 1.29 is 27.5 Å². The summed E-state index contributed by atoms with van der Waals surface area (Å²) in [5.74, 6) is -1.40. The minimum atomic E-state index is -4.35. The standard InChI is InChI=1S/C34H40N4O6S/c1-3-25(2)32(37-34(40)44-22-27-12-8-5-9-13-27)33(45(35,41)42)30(19-14-26-10-6-4-7-11-26)31(39)23-43-29-17-15-28(16-18-29)38-21-20-36-24-38/h4-13,15-18,20-21,24-25,30,32-33H,3,14,19,22-23H2,1-2H3,(H,37,40)(H2,35,41,42). The summed E-state index contributed by atoms with van der Waals surface area (Å²) in [6.07, 6.45) is 5.49. The molecule has 10 nitrogen and oxygen atoms in total. The van der Waals surface area contributed by atoms with Crippen molar-refractivity contribution in [2.75, 3.05) is 6.61 Å². The SMILES string of the molecule is CCC(C)C(NC(=O)OCc1ccccc1)C(C(CCc1ccccc1)C(=O)COc1ccc(-n2ccnc2)cc1)S(N)(=O)=O. The second-order valence-corrected chi connectivity index (χ2v) is 12.7. The number of nitrogens with two attached hydrogens (primary N) is 1. The summed E-state index contributed by atoms with van der Waals surface area (Å²) in [6.45, 7) is 3.33. The summed E-state index contributed by atoms with van der Waals surface area (Å²) in [4.78, 5) is 30.9. The van der Waals surface area contributed by atoms with Crippen molar-refractivity contribution in [1.82, 2.24) is 14.9 Å². The summed E-state index contributed by atoms with van der Waals surface area (Å²) in [5, 5.41) is 7.21. The number of amides is 1. The topological polar surface area (TPSA) is 143 Å². The molecule has 1 aromatic heterocycles. The third-order valence-electron chi connectivity index (χ3n) is 7.90. The van der Waals surface area contributed by atoms with Crippen LogP contribution in [0.5, 0.6) is 5.75 Å². The van der Waals surface area contributed by atoms with Gasteiger partial charge in [-0.05, 0) is 54.2 Å². The lowest BCUT2D eigenvalue weighted by Crippen LogP contribution is -2.57. The highest BCUT2D eigenvalue weighted by Gasteiger charge is 2.44. The first-order valence-corrected chi connectivity index (χ1v) is 16.5. The first-order valence-electron chi connectivity index (χ1n) is 14.9. The van der Waals surface area contributed by atoms with Gasteiger partial charge < -0.3 is 19.4 Å². The number of primary sulfonamides is 1. The van der Waals surface area contributed by atoms with Gasteiger partial charge in [-0.15, -0.1) is 0 Å². The van der Waals surface area contributed by atoms with E-state index in [1.807, 2.05) is 97.4 Å². The zero-order valence-corrected chi connectivity index (χ0v) is 26.3. The molecule has 45 heavy (non-hydrogen) atoms. The molecule has 0 radical (unpaired) electrons. The molecule has 0 aliphatic heterocycles. The van der Waals surface area contributed by atoms with Crippen LogP contribution in [0.4, 0.5) is 4.79 Å². The van der Waals surface area contributed by atoms with Crippen molar-refractivity contribution in [3.63, 3.8) is 0 Å². The highest BCUT2D eigenvalue weighted by molar-refractivity contribution is 7.89. The van der Waals surface area contributed by atoms with E-state index >= 15 is 0 Å². The van der Waals surface area contributed by atoms with Crippen LogP contribution in [0.1, 0.15) is 37.8 Å². The first kappa shape index (κ1) is 33.4. The van der Waals surface area contributed by atoms with E-state index in [0.717, 1.165) is 16.8 Å². The Morgan fingerprint density at radius 3 is 2.18 bits per heavy atom. The number of imidazole rings is 1. The van der Waals surface area contributed by atoms with E-state index in [2.05, 4.69) is 10.3 Å². The van der Waals surface area contributed by atoms with Crippen LogP contribution in [-0.2, 0) is 32.6 Å². The number of rotatable bonds is 16. The fourth-order valence-electron chi connectivity index (χ4n) is 5.25. The van der Waals surface area contributed by atoms with E-state index in [9.17, 15) is 18.0 Å². The molecule has 4 unspecified atom stereocenters. The molecule has 0 saturated heterocycles. The van der Waals surface area contributed by atoms with Gasteiger partial charge in [-0.2, -0.15) is 0 Å². The Balaban J connectivity index is 1.57. The van der Waals surface area contributed by atoms with Crippen molar-refractivity contribution in [2.45, 2.75) is 51.0 Å². The molecule has 0 saturated carbocycles. The number of aromatic nitrogens is 2. The zero-order chi connectivity index (χ0) is 32.2. The van der Waals surface area contributed by atoms with E-state index in [1.54, 1.807) is 24.7 Å². The van der Waals surface area contributed by atoms with Gasteiger partial charge in [-0.1, -0.05) is 80.9 Å². The number of ketones is 1.